The van der Waals surface area contributed by atoms with Crippen LogP contribution in [0.2, 0.25) is 5.02 Å². The zero-order chi connectivity index (χ0) is 20.5. The Bertz CT molecular complexity index is 1290. The topological polar surface area (TPSA) is 51.0 Å². The molecule has 30 heavy (non-hydrogen) atoms. The Hall–Kier alpha value is -2.74. The van der Waals surface area contributed by atoms with Crippen molar-refractivity contribution in [2.45, 2.75) is 13.0 Å². The molecule has 5 nitrogen and oxygen atoms in total. The van der Waals surface area contributed by atoms with Gasteiger partial charge in [0.15, 0.2) is 5.13 Å². The number of hydrogen-bond acceptors (Lipinski definition) is 5. The second-order valence-corrected chi connectivity index (χ2v) is 9.26. The molecule has 3 aromatic heterocycles. The van der Waals surface area contributed by atoms with E-state index in [0.29, 0.717) is 21.6 Å². The lowest BCUT2D eigenvalue weighted by molar-refractivity contribution is 0.0990. The van der Waals surface area contributed by atoms with E-state index in [0.717, 1.165) is 33.3 Å². The van der Waals surface area contributed by atoms with E-state index < -0.39 is 0 Å². The molecule has 0 radical (unpaired) electrons. The minimum Gasteiger partial charge on any atom is -0.337 e. The number of halogens is 1. The first-order valence-corrected chi connectivity index (χ1v) is 11.5. The number of anilines is 1. The highest BCUT2D eigenvalue weighted by atomic mass is 35.5. The van der Waals surface area contributed by atoms with Crippen molar-refractivity contribution in [3.63, 3.8) is 0 Å². The van der Waals surface area contributed by atoms with Gasteiger partial charge >= 0.3 is 0 Å². The number of imidazole rings is 1. The second kappa shape index (κ2) is 8.18. The summed E-state index contributed by atoms with van der Waals surface area (Å²) < 4.78 is 4.07. The first kappa shape index (κ1) is 19.2. The third-order valence-electron chi connectivity index (χ3n) is 4.85. The number of amides is 1. The van der Waals surface area contributed by atoms with Crippen molar-refractivity contribution in [2.75, 3.05) is 11.4 Å². The predicted octanol–water partition coefficient (Wildman–Crippen LogP) is 6.10. The number of benzene rings is 2. The van der Waals surface area contributed by atoms with Gasteiger partial charge in [-0.25, -0.2) is 9.97 Å². The number of carbonyl (C=O) groups is 1. The van der Waals surface area contributed by atoms with E-state index in [2.05, 4.69) is 4.98 Å². The average molecular weight is 453 g/mol. The molecular formula is C22H17ClN4OS2. The number of aryl methyl sites for hydroxylation is 1. The second-order valence-electron chi connectivity index (χ2n) is 6.82. The summed E-state index contributed by atoms with van der Waals surface area (Å²) in [5, 5.41) is 2.12. The van der Waals surface area contributed by atoms with Crippen molar-refractivity contribution >= 4 is 65.6 Å². The molecule has 2 aromatic carbocycles. The highest BCUT2D eigenvalue weighted by Gasteiger charge is 2.25. The van der Waals surface area contributed by atoms with Crippen LogP contribution in [0.25, 0.3) is 20.3 Å². The number of rotatable bonds is 6. The Balaban J connectivity index is 1.50. The number of carbonyl (C=O) groups excluding carboxylic acids is 1. The van der Waals surface area contributed by atoms with E-state index in [9.17, 15) is 4.79 Å². The smallest absolute Gasteiger partial charge is 0.271 e. The largest absolute Gasteiger partial charge is 0.337 e. The van der Waals surface area contributed by atoms with Gasteiger partial charge in [-0.1, -0.05) is 53.3 Å². The summed E-state index contributed by atoms with van der Waals surface area (Å²) in [6, 6.07) is 15.8. The van der Waals surface area contributed by atoms with Gasteiger partial charge in [0.1, 0.15) is 4.88 Å². The minimum absolute atomic E-state index is 0.106. The summed E-state index contributed by atoms with van der Waals surface area (Å²) in [5.41, 5.74) is 0.896. The molecule has 150 valence electrons. The lowest BCUT2D eigenvalue weighted by atomic mass is 10.2. The van der Waals surface area contributed by atoms with E-state index in [4.69, 9.17) is 16.6 Å². The molecule has 3 heterocycles. The van der Waals surface area contributed by atoms with Gasteiger partial charge in [0, 0.05) is 35.6 Å². The van der Waals surface area contributed by atoms with E-state index in [1.54, 1.807) is 17.4 Å². The molecule has 0 spiro atoms. The van der Waals surface area contributed by atoms with Crippen molar-refractivity contribution in [3.8, 4) is 0 Å². The zero-order valence-electron chi connectivity index (χ0n) is 15.9. The maximum atomic E-state index is 13.6. The molecule has 0 fully saturated rings. The number of hydrogen-bond donors (Lipinski definition) is 0. The molecule has 0 unspecified atom stereocenters. The van der Waals surface area contributed by atoms with Crippen LogP contribution in [0.3, 0.4) is 0 Å². The molecule has 1 amide bonds. The van der Waals surface area contributed by atoms with Crippen molar-refractivity contribution in [1.82, 2.24) is 14.5 Å². The Labute approximate surface area is 186 Å². The molecule has 5 rings (SSSR count). The highest BCUT2D eigenvalue weighted by Crippen LogP contribution is 2.37. The van der Waals surface area contributed by atoms with E-state index in [1.165, 1.54) is 22.7 Å². The number of fused-ring (bicyclic) bond motifs is 2. The molecule has 0 bridgehead atoms. The zero-order valence-corrected chi connectivity index (χ0v) is 18.3. The van der Waals surface area contributed by atoms with Gasteiger partial charge in [-0.2, -0.15) is 0 Å². The first-order chi connectivity index (χ1) is 14.7. The molecule has 0 saturated heterocycles. The van der Waals surface area contributed by atoms with Gasteiger partial charge in [-0.15, -0.1) is 11.3 Å². The maximum absolute atomic E-state index is 13.6. The van der Waals surface area contributed by atoms with Crippen molar-refractivity contribution in [1.29, 1.82) is 0 Å². The molecular weight excluding hydrogens is 436 g/mol. The van der Waals surface area contributed by atoms with Gasteiger partial charge in [0.05, 0.1) is 21.6 Å². The third-order valence-corrected chi connectivity index (χ3v) is 7.57. The maximum Gasteiger partial charge on any atom is 0.271 e. The molecule has 0 aliphatic rings. The number of thiophene rings is 1. The summed E-state index contributed by atoms with van der Waals surface area (Å²) >= 11 is 9.57. The summed E-state index contributed by atoms with van der Waals surface area (Å²) in [7, 11) is 0. The number of para-hydroxylation sites is 1. The molecule has 0 N–H and O–H groups in total. The Kier molecular flexibility index (Phi) is 5.25. The van der Waals surface area contributed by atoms with Crippen LogP contribution in [0.4, 0.5) is 5.13 Å². The predicted molar refractivity (Wildman–Crippen MR) is 125 cm³/mol. The Morgan fingerprint density at radius 3 is 2.63 bits per heavy atom. The van der Waals surface area contributed by atoms with Crippen LogP contribution in [-0.2, 0) is 6.54 Å². The van der Waals surface area contributed by atoms with Crippen LogP contribution >= 0.6 is 34.3 Å². The molecule has 0 atom stereocenters. The van der Waals surface area contributed by atoms with Crippen LogP contribution in [0.15, 0.2) is 67.3 Å². The number of nitrogens with zero attached hydrogens (tertiary/aromatic N) is 4. The molecule has 0 aliphatic heterocycles. The van der Waals surface area contributed by atoms with Crippen LogP contribution in [0.1, 0.15) is 16.1 Å². The lowest BCUT2D eigenvalue weighted by Gasteiger charge is -2.19. The van der Waals surface area contributed by atoms with Crippen molar-refractivity contribution in [2.24, 2.45) is 0 Å². The standard InChI is InChI=1S/C22H17ClN4OS2/c23-19-15-6-1-3-8-17(15)29-20(19)21(28)27(12-5-11-26-13-10-24-14-26)22-25-16-7-2-4-9-18(16)30-22/h1-4,6-10,13-14H,5,11-12H2. The summed E-state index contributed by atoms with van der Waals surface area (Å²) in [6.45, 7) is 1.32. The van der Waals surface area contributed by atoms with Gasteiger partial charge in [-0.3, -0.25) is 9.69 Å². The number of thiazole rings is 1. The van der Waals surface area contributed by atoms with E-state index >= 15 is 0 Å². The van der Waals surface area contributed by atoms with Gasteiger partial charge in [-0.05, 0) is 24.6 Å². The quantitative estimate of drug-likeness (QED) is 0.313. The van der Waals surface area contributed by atoms with Crippen LogP contribution in [-0.4, -0.2) is 27.0 Å². The monoisotopic (exact) mass is 452 g/mol. The molecule has 8 heteroatoms. The third kappa shape index (κ3) is 3.60. The molecule has 0 aliphatic carbocycles. The minimum atomic E-state index is -0.106. The highest BCUT2D eigenvalue weighted by molar-refractivity contribution is 7.23. The average Bonchev–Trinajstić information content (AvgIpc) is 3.50. The number of aromatic nitrogens is 3. The fourth-order valence-electron chi connectivity index (χ4n) is 3.36. The SMILES string of the molecule is O=C(c1sc2ccccc2c1Cl)N(CCCn1ccnc1)c1nc2ccccc2s1. The fraction of sp³-hybridized carbons (Fsp3) is 0.136. The van der Waals surface area contributed by atoms with E-state index in [1.807, 2.05) is 59.3 Å². The Morgan fingerprint density at radius 2 is 1.87 bits per heavy atom. The lowest BCUT2D eigenvalue weighted by Crippen LogP contribution is -2.32. The normalized spacial score (nSPS) is 11.4. The fourth-order valence-corrected chi connectivity index (χ4v) is 5.82. The summed E-state index contributed by atoms with van der Waals surface area (Å²) in [5.74, 6) is -0.106. The summed E-state index contributed by atoms with van der Waals surface area (Å²) in [4.78, 5) is 24.7. The Morgan fingerprint density at radius 1 is 1.07 bits per heavy atom. The van der Waals surface area contributed by atoms with Crippen molar-refractivity contribution in [3.05, 3.63) is 77.2 Å². The van der Waals surface area contributed by atoms with Crippen molar-refractivity contribution < 1.29 is 4.79 Å². The molecule has 5 aromatic rings. The summed E-state index contributed by atoms with van der Waals surface area (Å²) in [6.07, 6.45) is 6.24. The van der Waals surface area contributed by atoms with Crippen LogP contribution in [0, 0.1) is 0 Å². The van der Waals surface area contributed by atoms with Crippen LogP contribution in [0.5, 0.6) is 0 Å². The van der Waals surface area contributed by atoms with Gasteiger partial charge in [0.25, 0.3) is 5.91 Å². The van der Waals surface area contributed by atoms with Gasteiger partial charge < -0.3 is 4.57 Å². The molecule has 0 saturated carbocycles. The van der Waals surface area contributed by atoms with Crippen LogP contribution < -0.4 is 4.90 Å². The first-order valence-electron chi connectivity index (χ1n) is 9.51. The van der Waals surface area contributed by atoms with E-state index in [-0.39, 0.29) is 5.91 Å². The van der Waals surface area contributed by atoms with Gasteiger partial charge in [0.2, 0.25) is 0 Å².